The molecule has 2 aliphatic heterocycles. The first-order valence-corrected chi connectivity index (χ1v) is 12.6. The molecule has 33 heavy (non-hydrogen) atoms. The van der Waals surface area contributed by atoms with E-state index in [1.807, 2.05) is 19.1 Å². The molecule has 1 atom stereocenters. The first kappa shape index (κ1) is 21.7. The standard InChI is InChI=1S/C25H21ClN2O4S/c1-2-17-9-13-20(14-10-17)28-23(29)16-33(31,32)25(28)21-5-3-4-6-22(21)27(24(25)30)15-18-7-11-19(26)12-8-18/h3-14H,2,15-16H2,1H3/t25-/m0/s1. The summed E-state index contributed by atoms with van der Waals surface area (Å²) in [5.41, 5.74) is 3.00. The molecule has 0 unspecified atom stereocenters. The van der Waals surface area contributed by atoms with Crippen LogP contribution < -0.4 is 9.80 Å². The highest BCUT2D eigenvalue weighted by molar-refractivity contribution is 7.94. The van der Waals surface area contributed by atoms with Gasteiger partial charge in [0.2, 0.25) is 5.91 Å². The summed E-state index contributed by atoms with van der Waals surface area (Å²) in [6, 6.07) is 20.9. The van der Waals surface area contributed by atoms with Gasteiger partial charge in [0.25, 0.3) is 10.8 Å². The predicted molar refractivity (Wildman–Crippen MR) is 128 cm³/mol. The molecule has 1 fully saturated rings. The summed E-state index contributed by atoms with van der Waals surface area (Å²) in [7, 11) is -4.18. The average molecular weight is 481 g/mol. The summed E-state index contributed by atoms with van der Waals surface area (Å²) in [5, 5.41) is 0.564. The van der Waals surface area contributed by atoms with Crippen LogP contribution in [0.2, 0.25) is 5.02 Å². The zero-order chi connectivity index (χ0) is 23.4. The monoisotopic (exact) mass is 480 g/mol. The van der Waals surface area contributed by atoms with Crippen LogP contribution in [-0.4, -0.2) is 26.0 Å². The number of benzene rings is 3. The van der Waals surface area contributed by atoms with E-state index in [0.29, 0.717) is 22.0 Å². The van der Waals surface area contributed by atoms with Crippen molar-refractivity contribution in [2.24, 2.45) is 0 Å². The molecule has 2 amide bonds. The van der Waals surface area contributed by atoms with E-state index >= 15 is 0 Å². The second-order valence-electron chi connectivity index (χ2n) is 8.19. The third-order valence-corrected chi connectivity index (χ3v) is 8.64. The fourth-order valence-electron chi connectivity index (χ4n) is 4.70. The Morgan fingerprint density at radius 2 is 1.55 bits per heavy atom. The Kier molecular flexibility index (Phi) is 5.06. The molecule has 1 spiro atoms. The number of hydrogen-bond donors (Lipinski definition) is 0. The van der Waals surface area contributed by atoms with Crippen LogP contribution in [0.5, 0.6) is 0 Å². The molecular formula is C25H21ClN2O4S. The van der Waals surface area contributed by atoms with Crippen molar-refractivity contribution in [1.29, 1.82) is 0 Å². The van der Waals surface area contributed by atoms with Crippen LogP contribution in [0.1, 0.15) is 23.6 Å². The number of rotatable bonds is 4. The fraction of sp³-hybridized carbons (Fsp3) is 0.200. The SMILES string of the molecule is CCc1ccc(N2C(=O)CS(=O)(=O)[C@@]23C(=O)N(Cc2ccc(Cl)cc2)c2ccccc23)cc1. The van der Waals surface area contributed by atoms with Crippen LogP contribution in [0.25, 0.3) is 0 Å². The molecule has 1 saturated heterocycles. The summed E-state index contributed by atoms with van der Waals surface area (Å²) in [5.74, 6) is -1.99. The minimum absolute atomic E-state index is 0.154. The molecule has 0 aliphatic carbocycles. The van der Waals surface area contributed by atoms with Gasteiger partial charge in [0.05, 0.1) is 12.2 Å². The molecule has 2 heterocycles. The van der Waals surface area contributed by atoms with Crippen LogP contribution in [0.3, 0.4) is 0 Å². The number of anilines is 2. The topological polar surface area (TPSA) is 74.8 Å². The van der Waals surface area contributed by atoms with Crippen molar-refractivity contribution in [1.82, 2.24) is 0 Å². The third kappa shape index (κ3) is 3.10. The lowest BCUT2D eigenvalue weighted by Crippen LogP contribution is -2.54. The molecular weight excluding hydrogens is 460 g/mol. The van der Waals surface area contributed by atoms with Gasteiger partial charge in [-0.25, -0.2) is 8.42 Å². The van der Waals surface area contributed by atoms with Crippen molar-refractivity contribution in [3.63, 3.8) is 0 Å². The Morgan fingerprint density at radius 1 is 0.909 bits per heavy atom. The molecule has 0 saturated carbocycles. The van der Waals surface area contributed by atoms with Crippen LogP contribution in [-0.2, 0) is 37.3 Å². The molecule has 0 radical (unpaired) electrons. The van der Waals surface area contributed by atoms with Crippen molar-refractivity contribution in [2.75, 3.05) is 15.6 Å². The van der Waals surface area contributed by atoms with E-state index in [4.69, 9.17) is 11.6 Å². The highest BCUT2D eigenvalue weighted by Gasteiger charge is 2.69. The van der Waals surface area contributed by atoms with Crippen molar-refractivity contribution >= 4 is 44.6 Å². The average Bonchev–Trinajstić information content (AvgIpc) is 3.18. The van der Waals surface area contributed by atoms with Crippen LogP contribution in [0.15, 0.2) is 72.8 Å². The van der Waals surface area contributed by atoms with Gasteiger partial charge in [-0.1, -0.05) is 61.0 Å². The number of amides is 2. The summed E-state index contributed by atoms with van der Waals surface area (Å²) in [6.07, 6.45) is 0.800. The second-order valence-corrected chi connectivity index (χ2v) is 10.7. The van der Waals surface area contributed by atoms with Gasteiger partial charge < -0.3 is 4.90 Å². The largest absolute Gasteiger partial charge is 0.304 e. The maximum Gasteiger partial charge on any atom is 0.274 e. The summed E-state index contributed by atoms with van der Waals surface area (Å²) in [4.78, 5) is 27.7. The molecule has 5 rings (SSSR count). The van der Waals surface area contributed by atoms with Crippen LogP contribution >= 0.6 is 11.6 Å². The number of carbonyl (C=O) groups is 2. The number of fused-ring (bicyclic) bond motifs is 2. The molecule has 3 aromatic rings. The van der Waals surface area contributed by atoms with E-state index in [1.165, 1.54) is 9.80 Å². The minimum atomic E-state index is -4.18. The Bertz CT molecular complexity index is 1370. The van der Waals surface area contributed by atoms with Gasteiger partial charge in [-0.2, -0.15) is 0 Å². The van der Waals surface area contributed by atoms with E-state index in [2.05, 4.69) is 0 Å². The van der Waals surface area contributed by atoms with Crippen molar-refractivity contribution in [2.45, 2.75) is 24.8 Å². The number of nitrogens with zero attached hydrogens (tertiary/aromatic N) is 2. The van der Waals surface area contributed by atoms with Crippen LogP contribution in [0.4, 0.5) is 11.4 Å². The van der Waals surface area contributed by atoms with Gasteiger partial charge in [0.15, 0.2) is 9.84 Å². The quantitative estimate of drug-likeness (QED) is 0.564. The van der Waals surface area contributed by atoms with E-state index in [-0.39, 0.29) is 6.54 Å². The summed E-state index contributed by atoms with van der Waals surface area (Å²) < 4.78 is 27.2. The highest BCUT2D eigenvalue weighted by atomic mass is 35.5. The molecule has 0 bridgehead atoms. The smallest absolute Gasteiger partial charge is 0.274 e. The van der Waals surface area contributed by atoms with Crippen molar-refractivity contribution in [3.8, 4) is 0 Å². The second kappa shape index (κ2) is 7.71. The van der Waals surface area contributed by atoms with E-state index in [1.54, 1.807) is 60.7 Å². The van der Waals surface area contributed by atoms with Crippen molar-refractivity contribution < 1.29 is 18.0 Å². The summed E-state index contributed by atoms with van der Waals surface area (Å²) in [6.45, 7) is 2.16. The third-order valence-electron chi connectivity index (χ3n) is 6.28. The number of carbonyl (C=O) groups excluding carboxylic acids is 2. The fourth-order valence-corrected chi connectivity index (χ4v) is 6.86. The molecule has 2 aliphatic rings. The Hall–Kier alpha value is -3.16. The number of sulfone groups is 1. The molecule has 0 N–H and O–H groups in total. The lowest BCUT2D eigenvalue weighted by molar-refractivity contribution is -0.123. The van der Waals surface area contributed by atoms with Gasteiger partial charge in [-0.3, -0.25) is 14.5 Å². The molecule has 168 valence electrons. The Labute approximate surface area is 197 Å². The number of para-hydroxylation sites is 1. The zero-order valence-electron chi connectivity index (χ0n) is 17.9. The number of halogens is 1. The normalized spacial score (nSPS) is 21.2. The lowest BCUT2D eigenvalue weighted by atomic mass is 10.0. The highest BCUT2D eigenvalue weighted by Crippen LogP contribution is 2.52. The number of hydrogen-bond acceptors (Lipinski definition) is 4. The Balaban J connectivity index is 1.70. The molecule has 3 aromatic carbocycles. The van der Waals surface area contributed by atoms with Gasteiger partial charge in [-0.15, -0.1) is 0 Å². The van der Waals surface area contributed by atoms with Crippen LogP contribution in [0, 0.1) is 0 Å². The van der Waals surface area contributed by atoms with E-state index < -0.39 is 32.3 Å². The van der Waals surface area contributed by atoms with E-state index in [0.717, 1.165) is 17.5 Å². The van der Waals surface area contributed by atoms with Gasteiger partial charge in [-0.05, 0) is 47.9 Å². The summed E-state index contributed by atoms with van der Waals surface area (Å²) >= 11 is 5.99. The Morgan fingerprint density at radius 3 is 2.21 bits per heavy atom. The predicted octanol–water partition coefficient (Wildman–Crippen LogP) is 4.06. The molecule has 6 nitrogen and oxygen atoms in total. The van der Waals surface area contributed by atoms with Crippen molar-refractivity contribution in [3.05, 3.63) is 94.5 Å². The first-order chi connectivity index (χ1) is 15.8. The lowest BCUT2D eigenvalue weighted by Gasteiger charge is -2.32. The van der Waals surface area contributed by atoms with E-state index in [9.17, 15) is 18.0 Å². The minimum Gasteiger partial charge on any atom is -0.304 e. The van der Waals surface area contributed by atoms with Gasteiger partial charge >= 0.3 is 0 Å². The number of aryl methyl sites for hydroxylation is 1. The maximum absolute atomic E-state index is 14.1. The maximum atomic E-state index is 14.1. The van der Waals surface area contributed by atoms with Gasteiger partial charge in [0, 0.05) is 16.3 Å². The molecule has 8 heteroatoms. The zero-order valence-corrected chi connectivity index (χ0v) is 19.4. The van der Waals surface area contributed by atoms with Gasteiger partial charge in [0.1, 0.15) is 5.75 Å². The first-order valence-electron chi connectivity index (χ1n) is 10.6. The molecule has 0 aromatic heterocycles.